The van der Waals surface area contributed by atoms with E-state index in [0.717, 1.165) is 12.5 Å². The molecule has 0 radical (unpaired) electrons. The van der Waals surface area contributed by atoms with Crippen molar-refractivity contribution in [1.29, 1.82) is 0 Å². The SMILES string of the molecule is CCNC(C)C(C)c1cccc(C2CCC2)c1. The van der Waals surface area contributed by atoms with Crippen LogP contribution in [0.5, 0.6) is 0 Å². The molecule has 1 N–H and O–H groups in total. The fraction of sp³-hybridized carbons (Fsp3) is 0.625. The number of rotatable bonds is 5. The Balaban J connectivity index is 2.09. The molecular formula is C16H25N. The number of nitrogens with one attached hydrogen (secondary N) is 1. The summed E-state index contributed by atoms with van der Waals surface area (Å²) in [5, 5.41) is 3.52. The zero-order chi connectivity index (χ0) is 12.3. The lowest BCUT2D eigenvalue weighted by Crippen LogP contribution is -2.30. The Labute approximate surface area is 106 Å². The molecule has 94 valence electrons. The van der Waals surface area contributed by atoms with Crippen molar-refractivity contribution in [2.75, 3.05) is 6.54 Å². The summed E-state index contributed by atoms with van der Waals surface area (Å²) in [6, 6.07) is 9.80. The molecule has 0 heterocycles. The highest BCUT2D eigenvalue weighted by molar-refractivity contribution is 5.30. The maximum absolute atomic E-state index is 3.52. The van der Waals surface area contributed by atoms with Crippen LogP contribution in [0.1, 0.15) is 63.0 Å². The lowest BCUT2D eigenvalue weighted by Gasteiger charge is -2.27. The van der Waals surface area contributed by atoms with Crippen LogP contribution in [0.25, 0.3) is 0 Å². The first-order valence-corrected chi connectivity index (χ1v) is 7.05. The summed E-state index contributed by atoms with van der Waals surface area (Å²) in [5.41, 5.74) is 3.05. The van der Waals surface area contributed by atoms with E-state index in [9.17, 15) is 0 Å². The lowest BCUT2D eigenvalue weighted by molar-refractivity contribution is 0.418. The zero-order valence-corrected chi connectivity index (χ0v) is 11.4. The van der Waals surface area contributed by atoms with E-state index < -0.39 is 0 Å². The van der Waals surface area contributed by atoms with Gasteiger partial charge in [0.25, 0.3) is 0 Å². The molecule has 1 heteroatoms. The first-order valence-electron chi connectivity index (χ1n) is 7.05. The third-order valence-corrected chi connectivity index (χ3v) is 4.29. The van der Waals surface area contributed by atoms with Gasteiger partial charge in [0, 0.05) is 6.04 Å². The zero-order valence-electron chi connectivity index (χ0n) is 11.4. The Morgan fingerprint density at radius 3 is 2.65 bits per heavy atom. The van der Waals surface area contributed by atoms with Crippen LogP contribution < -0.4 is 5.32 Å². The van der Waals surface area contributed by atoms with E-state index in [1.54, 1.807) is 5.56 Å². The van der Waals surface area contributed by atoms with Crippen LogP contribution in [-0.2, 0) is 0 Å². The molecule has 2 unspecified atom stereocenters. The van der Waals surface area contributed by atoms with Crippen molar-refractivity contribution in [3.05, 3.63) is 35.4 Å². The van der Waals surface area contributed by atoms with Crippen molar-refractivity contribution in [3.8, 4) is 0 Å². The standard InChI is InChI=1S/C16H25N/c1-4-17-13(3)12(2)15-9-6-10-16(11-15)14-7-5-8-14/h6,9-14,17H,4-5,7-8H2,1-3H3. The van der Waals surface area contributed by atoms with Gasteiger partial charge >= 0.3 is 0 Å². The Hall–Kier alpha value is -0.820. The average Bonchev–Trinajstić information content (AvgIpc) is 2.26. The summed E-state index contributed by atoms with van der Waals surface area (Å²) in [4.78, 5) is 0. The highest BCUT2D eigenvalue weighted by atomic mass is 14.9. The largest absolute Gasteiger partial charge is 0.314 e. The molecule has 1 aliphatic rings. The fourth-order valence-corrected chi connectivity index (χ4v) is 2.63. The second kappa shape index (κ2) is 5.68. The minimum Gasteiger partial charge on any atom is -0.314 e. The molecule has 0 saturated heterocycles. The van der Waals surface area contributed by atoms with Crippen molar-refractivity contribution in [3.63, 3.8) is 0 Å². The molecule has 0 aliphatic heterocycles. The monoisotopic (exact) mass is 231 g/mol. The van der Waals surface area contributed by atoms with Crippen LogP contribution in [0.2, 0.25) is 0 Å². The van der Waals surface area contributed by atoms with Gasteiger partial charge in [-0.05, 0) is 49.3 Å². The van der Waals surface area contributed by atoms with Gasteiger partial charge in [0.05, 0.1) is 0 Å². The Morgan fingerprint density at radius 2 is 2.06 bits per heavy atom. The molecule has 1 aromatic carbocycles. The average molecular weight is 231 g/mol. The van der Waals surface area contributed by atoms with Gasteiger partial charge in [0.15, 0.2) is 0 Å². The second-order valence-electron chi connectivity index (χ2n) is 5.43. The summed E-state index contributed by atoms with van der Waals surface area (Å²) in [5.74, 6) is 1.44. The van der Waals surface area contributed by atoms with Crippen LogP contribution in [0.4, 0.5) is 0 Å². The molecule has 2 rings (SSSR count). The summed E-state index contributed by atoms with van der Waals surface area (Å²) in [7, 11) is 0. The highest BCUT2D eigenvalue weighted by Crippen LogP contribution is 2.37. The first kappa shape index (κ1) is 12.6. The first-order chi connectivity index (χ1) is 8.22. The molecule has 1 saturated carbocycles. The predicted octanol–water partition coefficient (Wildman–Crippen LogP) is 4.06. The van der Waals surface area contributed by atoms with Gasteiger partial charge in [0.2, 0.25) is 0 Å². The highest BCUT2D eigenvalue weighted by Gasteiger charge is 2.20. The van der Waals surface area contributed by atoms with Gasteiger partial charge in [-0.2, -0.15) is 0 Å². The van der Waals surface area contributed by atoms with Gasteiger partial charge in [-0.25, -0.2) is 0 Å². The molecule has 0 spiro atoms. The Morgan fingerprint density at radius 1 is 1.29 bits per heavy atom. The third-order valence-electron chi connectivity index (χ3n) is 4.29. The van der Waals surface area contributed by atoms with Crippen LogP contribution >= 0.6 is 0 Å². The summed E-state index contributed by atoms with van der Waals surface area (Å²) in [6.45, 7) is 7.83. The van der Waals surface area contributed by atoms with Crippen LogP contribution in [0, 0.1) is 0 Å². The minimum absolute atomic E-state index is 0.552. The number of likely N-dealkylation sites (N-methyl/N-ethyl adjacent to an activating group) is 1. The lowest BCUT2D eigenvalue weighted by atomic mass is 9.79. The molecule has 17 heavy (non-hydrogen) atoms. The van der Waals surface area contributed by atoms with Crippen molar-refractivity contribution in [1.82, 2.24) is 5.32 Å². The van der Waals surface area contributed by atoms with Crippen molar-refractivity contribution in [2.24, 2.45) is 0 Å². The molecule has 1 nitrogen and oxygen atoms in total. The summed E-state index contributed by atoms with van der Waals surface area (Å²) < 4.78 is 0. The van der Waals surface area contributed by atoms with Crippen LogP contribution in [-0.4, -0.2) is 12.6 Å². The maximum atomic E-state index is 3.52. The third kappa shape index (κ3) is 2.90. The van der Waals surface area contributed by atoms with Gasteiger partial charge in [0.1, 0.15) is 0 Å². The molecular weight excluding hydrogens is 206 g/mol. The van der Waals surface area contributed by atoms with Gasteiger partial charge in [-0.3, -0.25) is 0 Å². The maximum Gasteiger partial charge on any atom is 0.0105 e. The summed E-state index contributed by atoms with van der Waals surface area (Å²) >= 11 is 0. The number of hydrogen-bond donors (Lipinski definition) is 1. The van der Waals surface area contributed by atoms with E-state index in [2.05, 4.69) is 50.4 Å². The van der Waals surface area contributed by atoms with Gasteiger partial charge in [-0.1, -0.05) is 44.5 Å². The molecule has 0 amide bonds. The fourth-order valence-electron chi connectivity index (χ4n) is 2.63. The Bertz CT molecular complexity index is 354. The van der Waals surface area contributed by atoms with Crippen molar-refractivity contribution in [2.45, 2.75) is 57.9 Å². The van der Waals surface area contributed by atoms with Crippen LogP contribution in [0.15, 0.2) is 24.3 Å². The molecule has 1 fully saturated rings. The Kier molecular flexibility index (Phi) is 4.22. The normalized spacial score (nSPS) is 19.7. The molecule has 2 atom stereocenters. The van der Waals surface area contributed by atoms with E-state index in [0.29, 0.717) is 12.0 Å². The molecule has 1 aromatic rings. The van der Waals surface area contributed by atoms with Crippen molar-refractivity contribution < 1.29 is 0 Å². The van der Waals surface area contributed by atoms with Gasteiger partial charge in [-0.15, -0.1) is 0 Å². The number of hydrogen-bond acceptors (Lipinski definition) is 1. The van der Waals surface area contributed by atoms with E-state index in [-0.39, 0.29) is 0 Å². The smallest absolute Gasteiger partial charge is 0.0105 e. The van der Waals surface area contributed by atoms with E-state index >= 15 is 0 Å². The van der Waals surface area contributed by atoms with E-state index in [1.807, 2.05) is 0 Å². The predicted molar refractivity (Wildman–Crippen MR) is 74.6 cm³/mol. The quantitative estimate of drug-likeness (QED) is 0.806. The van der Waals surface area contributed by atoms with Crippen molar-refractivity contribution >= 4 is 0 Å². The molecule has 0 bridgehead atoms. The second-order valence-corrected chi connectivity index (χ2v) is 5.43. The van der Waals surface area contributed by atoms with Gasteiger partial charge < -0.3 is 5.32 Å². The van der Waals surface area contributed by atoms with E-state index in [1.165, 1.54) is 24.8 Å². The molecule has 1 aliphatic carbocycles. The summed E-state index contributed by atoms with van der Waals surface area (Å²) in [6.07, 6.45) is 4.19. The topological polar surface area (TPSA) is 12.0 Å². The van der Waals surface area contributed by atoms with E-state index in [4.69, 9.17) is 0 Å². The minimum atomic E-state index is 0.552. The van der Waals surface area contributed by atoms with Crippen LogP contribution in [0.3, 0.4) is 0 Å². The number of benzene rings is 1. The molecule has 0 aromatic heterocycles.